The molecule has 1 aliphatic heterocycles. The summed E-state index contributed by atoms with van der Waals surface area (Å²) in [7, 11) is 0. The molecule has 3 N–H and O–H groups in total. The summed E-state index contributed by atoms with van der Waals surface area (Å²) in [5.41, 5.74) is 0.506. The second-order valence-electron chi connectivity index (χ2n) is 5.35. The number of anilines is 1. The van der Waals surface area contributed by atoms with E-state index in [-0.39, 0.29) is 42.5 Å². The number of amides is 2. The Morgan fingerprint density at radius 1 is 1.32 bits per heavy atom. The quantitative estimate of drug-likeness (QED) is 0.787. The van der Waals surface area contributed by atoms with Crippen LogP contribution in [0, 0.1) is 11.7 Å². The van der Waals surface area contributed by atoms with Gasteiger partial charge < -0.3 is 16.0 Å². The minimum atomic E-state index is -0.360. The van der Waals surface area contributed by atoms with Crippen molar-refractivity contribution in [3.8, 4) is 0 Å². The average Bonchev–Trinajstić information content (AvgIpc) is 2.47. The van der Waals surface area contributed by atoms with Gasteiger partial charge in [0.05, 0.1) is 6.54 Å². The van der Waals surface area contributed by atoms with Gasteiger partial charge in [0.15, 0.2) is 0 Å². The van der Waals surface area contributed by atoms with Gasteiger partial charge in [0, 0.05) is 17.6 Å². The van der Waals surface area contributed by atoms with Crippen LogP contribution < -0.4 is 16.0 Å². The molecular formula is C15H21ClFN3O2. The van der Waals surface area contributed by atoms with Crippen molar-refractivity contribution < 1.29 is 14.0 Å². The van der Waals surface area contributed by atoms with Crippen molar-refractivity contribution in [2.75, 3.05) is 18.4 Å². The minimum absolute atomic E-state index is 0. The van der Waals surface area contributed by atoms with E-state index in [0.29, 0.717) is 11.7 Å². The molecule has 1 aromatic rings. The first-order chi connectivity index (χ1) is 10.0. The average molecular weight is 330 g/mol. The summed E-state index contributed by atoms with van der Waals surface area (Å²) in [5.74, 6) is -0.809. The lowest BCUT2D eigenvalue weighted by Gasteiger charge is -2.26. The highest BCUT2D eigenvalue weighted by Crippen LogP contribution is 2.15. The maximum Gasteiger partial charge on any atom is 0.243 e. The largest absolute Gasteiger partial charge is 0.347 e. The third-order valence-corrected chi connectivity index (χ3v) is 3.55. The number of hydrogen-bond acceptors (Lipinski definition) is 3. The molecule has 0 aromatic heterocycles. The topological polar surface area (TPSA) is 70.2 Å². The van der Waals surface area contributed by atoms with Gasteiger partial charge in [-0.15, -0.1) is 12.4 Å². The van der Waals surface area contributed by atoms with E-state index in [1.165, 1.54) is 24.3 Å². The van der Waals surface area contributed by atoms with Crippen molar-refractivity contribution in [3.05, 3.63) is 30.1 Å². The standard InChI is InChI=1S/C15H20FN3O2.ClH/c1-10-8-11(6-7-17-10)15(21)18-9-14(20)19-13-4-2-12(16)3-5-13;/h2-5,10-11,17H,6-9H2,1H3,(H,18,21)(H,19,20);1H/t10-,11-;/m0./s1. The number of rotatable bonds is 4. The van der Waals surface area contributed by atoms with Crippen LogP contribution in [0.3, 0.4) is 0 Å². The molecule has 0 radical (unpaired) electrons. The van der Waals surface area contributed by atoms with Gasteiger partial charge in [-0.2, -0.15) is 0 Å². The molecule has 7 heteroatoms. The Kier molecular flexibility index (Phi) is 7.27. The molecule has 2 rings (SSSR count). The molecule has 2 atom stereocenters. The summed E-state index contributed by atoms with van der Waals surface area (Å²) in [4.78, 5) is 23.7. The summed E-state index contributed by atoms with van der Waals surface area (Å²) < 4.78 is 12.7. The van der Waals surface area contributed by atoms with E-state index in [0.717, 1.165) is 19.4 Å². The Hall–Kier alpha value is -1.66. The maximum absolute atomic E-state index is 12.7. The van der Waals surface area contributed by atoms with Crippen LogP contribution in [0.1, 0.15) is 19.8 Å². The van der Waals surface area contributed by atoms with Crippen LogP contribution in [0.15, 0.2) is 24.3 Å². The molecule has 1 heterocycles. The van der Waals surface area contributed by atoms with E-state index < -0.39 is 0 Å². The van der Waals surface area contributed by atoms with E-state index in [1.54, 1.807) is 0 Å². The van der Waals surface area contributed by atoms with Gasteiger partial charge in [0.1, 0.15) is 5.82 Å². The van der Waals surface area contributed by atoms with Crippen LogP contribution in [0.4, 0.5) is 10.1 Å². The van der Waals surface area contributed by atoms with Crippen LogP contribution in [-0.2, 0) is 9.59 Å². The number of benzene rings is 1. The molecule has 122 valence electrons. The highest BCUT2D eigenvalue weighted by Gasteiger charge is 2.24. The van der Waals surface area contributed by atoms with Gasteiger partial charge in [-0.25, -0.2) is 4.39 Å². The fourth-order valence-electron chi connectivity index (χ4n) is 2.42. The molecule has 0 unspecified atom stereocenters. The van der Waals surface area contributed by atoms with Gasteiger partial charge >= 0.3 is 0 Å². The highest BCUT2D eigenvalue weighted by atomic mass is 35.5. The van der Waals surface area contributed by atoms with E-state index in [2.05, 4.69) is 16.0 Å². The molecule has 0 saturated carbocycles. The summed E-state index contributed by atoms with van der Waals surface area (Å²) >= 11 is 0. The SMILES string of the molecule is C[C@H]1C[C@@H](C(=O)NCC(=O)Nc2ccc(F)cc2)CCN1.Cl. The van der Waals surface area contributed by atoms with Gasteiger partial charge in [-0.1, -0.05) is 0 Å². The number of piperidine rings is 1. The maximum atomic E-state index is 12.7. The van der Waals surface area contributed by atoms with Crippen LogP contribution in [0.25, 0.3) is 0 Å². The monoisotopic (exact) mass is 329 g/mol. The van der Waals surface area contributed by atoms with Gasteiger partial charge in [-0.05, 0) is 50.6 Å². The summed E-state index contributed by atoms with van der Waals surface area (Å²) in [5, 5.41) is 8.53. The zero-order valence-electron chi connectivity index (χ0n) is 12.4. The smallest absolute Gasteiger partial charge is 0.243 e. The lowest BCUT2D eigenvalue weighted by Crippen LogP contribution is -2.44. The number of hydrogen-bond donors (Lipinski definition) is 3. The first-order valence-electron chi connectivity index (χ1n) is 7.11. The van der Waals surface area contributed by atoms with E-state index in [4.69, 9.17) is 0 Å². The molecule has 1 aromatic carbocycles. The number of halogens is 2. The van der Waals surface area contributed by atoms with Crippen molar-refractivity contribution in [2.45, 2.75) is 25.8 Å². The molecule has 0 spiro atoms. The summed E-state index contributed by atoms with van der Waals surface area (Å²) in [6.07, 6.45) is 1.57. The van der Waals surface area contributed by atoms with Crippen LogP contribution in [0.5, 0.6) is 0 Å². The summed E-state index contributed by atoms with van der Waals surface area (Å²) in [6, 6.07) is 5.81. The Bertz CT molecular complexity index is 510. The molecule has 1 saturated heterocycles. The molecule has 1 fully saturated rings. The first kappa shape index (κ1) is 18.4. The van der Waals surface area contributed by atoms with Crippen molar-refractivity contribution in [3.63, 3.8) is 0 Å². The van der Waals surface area contributed by atoms with Gasteiger partial charge in [0.25, 0.3) is 0 Å². The Balaban J connectivity index is 0.00000242. The molecule has 2 amide bonds. The van der Waals surface area contributed by atoms with E-state index >= 15 is 0 Å². The fourth-order valence-corrected chi connectivity index (χ4v) is 2.42. The Labute approximate surface area is 135 Å². The predicted octanol–water partition coefficient (Wildman–Crippen LogP) is 1.69. The molecule has 0 aliphatic carbocycles. The highest BCUT2D eigenvalue weighted by molar-refractivity contribution is 5.94. The first-order valence-corrected chi connectivity index (χ1v) is 7.11. The van der Waals surface area contributed by atoms with E-state index in [9.17, 15) is 14.0 Å². The molecule has 1 aliphatic rings. The van der Waals surface area contributed by atoms with Gasteiger partial charge in [-0.3, -0.25) is 9.59 Å². The third-order valence-electron chi connectivity index (χ3n) is 3.55. The van der Waals surface area contributed by atoms with Crippen molar-refractivity contribution in [2.24, 2.45) is 5.92 Å². The zero-order valence-corrected chi connectivity index (χ0v) is 13.2. The second-order valence-corrected chi connectivity index (χ2v) is 5.35. The van der Waals surface area contributed by atoms with Crippen LogP contribution >= 0.6 is 12.4 Å². The normalized spacial score (nSPS) is 20.6. The number of carbonyl (C=O) groups is 2. The molecule has 22 heavy (non-hydrogen) atoms. The van der Waals surface area contributed by atoms with E-state index in [1.807, 2.05) is 6.92 Å². The number of nitrogens with one attached hydrogen (secondary N) is 3. The van der Waals surface area contributed by atoms with Gasteiger partial charge in [0.2, 0.25) is 11.8 Å². The van der Waals surface area contributed by atoms with Crippen molar-refractivity contribution >= 4 is 29.9 Å². The zero-order chi connectivity index (χ0) is 15.2. The molecule has 5 nitrogen and oxygen atoms in total. The molecule has 0 bridgehead atoms. The van der Waals surface area contributed by atoms with Crippen molar-refractivity contribution in [1.29, 1.82) is 0 Å². The summed E-state index contributed by atoms with van der Waals surface area (Å²) in [6.45, 7) is 2.79. The second kappa shape index (κ2) is 8.70. The Morgan fingerprint density at radius 2 is 2.00 bits per heavy atom. The van der Waals surface area contributed by atoms with Crippen LogP contribution in [-0.4, -0.2) is 30.9 Å². The van der Waals surface area contributed by atoms with Crippen molar-refractivity contribution in [1.82, 2.24) is 10.6 Å². The predicted molar refractivity (Wildman–Crippen MR) is 85.5 cm³/mol. The number of carbonyl (C=O) groups excluding carboxylic acids is 2. The minimum Gasteiger partial charge on any atom is -0.347 e. The fraction of sp³-hybridized carbons (Fsp3) is 0.467. The lowest BCUT2D eigenvalue weighted by molar-refractivity contribution is -0.128. The Morgan fingerprint density at radius 3 is 2.64 bits per heavy atom. The molecular weight excluding hydrogens is 309 g/mol. The lowest BCUT2D eigenvalue weighted by atomic mass is 9.92. The van der Waals surface area contributed by atoms with Crippen LogP contribution in [0.2, 0.25) is 0 Å². The third kappa shape index (κ3) is 5.61.